The van der Waals surface area contributed by atoms with Gasteiger partial charge in [-0.3, -0.25) is 14.4 Å². The van der Waals surface area contributed by atoms with E-state index >= 15 is 0 Å². The topological polar surface area (TPSA) is 78.9 Å². The maximum Gasteiger partial charge on any atom is 0.311 e. The Balaban J connectivity index is 2.21. The maximum absolute atomic E-state index is 12.0. The van der Waals surface area contributed by atoms with Gasteiger partial charge in [-0.25, -0.2) is 0 Å². The molecule has 0 unspecified atom stereocenters. The molecule has 1 aliphatic rings. The van der Waals surface area contributed by atoms with Crippen molar-refractivity contribution in [1.29, 1.82) is 0 Å². The van der Waals surface area contributed by atoms with Gasteiger partial charge in [-0.05, 0) is 52.4 Å². The molecule has 1 rings (SSSR count). The lowest BCUT2D eigenvalue weighted by atomic mass is 9.83. The number of carbonyl (C=O) groups excluding carboxylic acids is 3. The second-order valence-electron chi connectivity index (χ2n) is 7.67. The standard InChI is InChI=1S/C20H34O6/c1-5-19(3,4)18(23)25-15-14-24-16(21)10-11-17(22)26-20(6-2)12-8-7-9-13-20/h5-15H2,1-4H3. The summed E-state index contributed by atoms with van der Waals surface area (Å²) in [4.78, 5) is 35.5. The number of ether oxygens (including phenoxy) is 3. The first-order chi connectivity index (χ1) is 12.2. The van der Waals surface area contributed by atoms with E-state index < -0.39 is 11.4 Å². The van der Waals surface area contributed by atoms with Crippen molar-refractivity contribution in [3.63, 3.8) is 0 Å². The van der Waals surface area contributed by atoms with Gasteiger partial charge in [0.15, 0.2) is 0 Å². The van der Waals surface area contributed by atoms with E-state index in [9.17, 15) is 14.4 Å². The third kappa shape index (κ3) is 7.34. The van der Waals surface area contributed by atoms with Crippen LogP contribution in [0.5, 0.6) is 0 Å². The van der Waals surface area contributed by atoms with Gasteiger partial charge in [0, 0.05) is 0 Å². The van der Waals surface area contributed by atoms with Crippen molar-refractivity contribution in [3.05, 3.63) is 0 Å². The molecule has 0 spiro atoms. The first-order valence-electron chi connectivity index (χ1n) is 9.79. The van der Waals surface area contributed by atoms with Gasteiger partial charge in [0.1, 0.15) is 18.8 Å². The summed E-state index contributed by atoms with van der Waals surface area (Å²) >= 11 is 0. The Morgan fingerprint density at radius 2 is 1.46 bits per heavy atom. The Kier molecular flexibility index (Phi) is 9.09. The second kappa shape index (κ2) is 10.5. The van der Waals surface area contributed by atoms with Crippen LogP contribution < -0.4 is 0 Å². The lowest BCUT2D eigenvalue weighted by molar-refractivity contribution is -0.166. The van der Waals surface area contributed by atoms with Crippen LogP contribution in [0.15, 0.2) is 0 Å². The molecule has 0 radical (unpaired) electrons. The molecule has 1 aliphatic carbocycles. The minimum absolute atomic E-state index is 0.00167. The van der Waals surface area contributed by atoms with Crippen molar-refractivity contribution in [3.8, 4) is 0 Å². The quantitative estimate of drug-likeness (QED) is 0.329. The van der Waals surface area contributed by atoms with Crippen LogP contribution in [0.3, 0.4) is 0 Å². The zero-order chi connectivity index (χ0) is 19.6. The van der Waals surface area contributed by atoms with Crippen molar-refractivity contribution < 1.29 is 28.6 Å². The maximum atomic E-state index is 12.0. The largest absolute Gasteiger partial charge is 0.462 e. The van der Waals surface area contributed by atoms with E-state index in [2.05, 4.69) is 0 Å². The van der Waals surface area contributed by atoms with Crippen molar-refractivity contribution in [2.75, 3.05) is 13.2 Å². The van der Waals surface area contributed by atoms with E-state index in [0.29, 0.717) is 6.42 Å². The van der Waals surface area contributed by atoms with Crippen LogP contribution in [-0.2, 0) is 28.6 Å². The predicted molar refractivity (Wildman–Crippen MR) is 97.4 cm³/mol. The Morgan fingerprint density at radius 1 is 0.885 bits per heavy atom. The highest BCUT2D eigenvalue weighted by Gasteiger charge is 2.34. The van der Waals surface area contributed by atoms with Gasteiger partial charge in [0.05, 0.1) is 18.3 Å². The van der Waals surface area contributed by atoms with Crippen LogP contribution in [0, 0.1) is 5.41 Å². The Bertz CT molecular complexity index is 477. The molecule has 1 fully saturated rings. The molecule has 6 heteroatoms. The van der Waals surface area contributed by atoms with Crippen LogP contribution in [0.4, 0.5) is 0 Å². The van der Waals surface area contributed by atoms with Crippen molar-refractivity contribution in [2.24, 2.45) is 5.41 Å². The van der Waals surface area contributed by atoms with E-state index in [-0.39, 0.29) is 43.6 Å². The molecular weight excluding hydrogens is 336 g/mol. The van der Waals surface area contributed by atoms with E-state index in [1.54, 1.807) is 0 Å². The predicted octanol–water partition coefficient (Wildman–Crippen LogP) is 3.95. The number of carbonyl (C=O) groups is 3. The number of rotatable bonds is 10. The zero-order valence-electron chi connectivity index (χ0n) is 16.7. The monoisotopic (exact) mass is 370 g/mol. The van der Waals surface area contributed by atoms with Gasteiger partial charge in [0.25, 0.3) is 0 Å². The molecule has 1 saturated carbocycles. The highest BCUT2D eigenvalue weighted by Crippen LogP contribution is 2.34. The molecule has 0 saturated heterocycles. The Labute approximate surface area is 156 Å². The van der Waals surface area contributed by atoms with Crippen LogP contribution in [0.1, 0.15) is 85.5 Å². The zero-order valence-corrected chi connectivity index (χ0v) is 16.7. The molecule has 0 aromatic rings. The third-order valence-electron chi connectivity index (χ3n) is 5.29. The van der Waals surface area contributed by atoms with Gasteiger partial charge >= 0.3 is 17.9 Å². The SMILES string of the molecule is CCC1(OC(=O)CCC(=O)OCCOC(=O)C(C)(C)CC)CCCCC1. The molecule has 0 aromatic carbocycles. The summed E-state index contributed by atoms with van der Waals surface area (Å²) in [6, 6.07) is 0. The minimum atomic E-state index is -0.540. The Hall–Kier alpha value is -1.59. The summed E-state index contributed by atoms with van der Waals surface area (Å²) < 4.78 is 15.8. The number of hydrogen-bond donors (Lipinski definition) is 0. The molecular formula is C20H34O6. The fourth-order valence-corrected chi connectivity index (χ4v) is 2.92. The van der Waals surface area contributed by atoms with Crippen molar-refractivity contribution in [1.82, 2.24) is 0 Å². The highest BCUT2D eigenvalue weighted by atomic mass is 16.6. The van der Waals surface area contributed by atoms with Crippen molar-refractivity contribution >= 4 is 17.9 Å². The van der Waals surface area contributed by atoms with Crippen molar-refractivity contribution in [2.45, 2.75) is 91.1 Å². The molecule has 0 bridgehead atoms. The molecule has 26 heavy (non-hydrogen) atoms. The molecule has 0 atom stereocenters. The summed E-state index contributed by atoms with van der Waals surface area (Å²) in [5.74, 6) is -1.14. The van der Waals surface area contributed by atoms with E-state index in [0.717, 1.165) is 32.1 Å². The Morgan fingerprint density at radius 3 is 2.04 bits per heavy atom. The second-order valence-corrected chi connectivity index (χ2v) is 7.67. The van der Waals surface area contributed by atoms with Gasteiger partial charge < -0.3 is 14.2 Å². The average Bonchev–Trinajstić information content (AvgIpc) is 2.64. The summed E-state index contributed by atoms with van der Waals surface area (Å²) in [6.45, 7) is 7.59. The number of esters is 3. The first-order valence-corrected chi connectivity index (χ1v) is 9.79. The fourth-order valence-electron chi connectivity index (χ4n) is 2.92. The fraction of sp³-hybridized carbons (Fsp3) is 0.850. The molecule has 0 N–H and O–H groups in total. The molecule has 0 aromatic heterocycles. The molecule has 0 amide bonds. The van der Waals surface area contributed by atoms with Crippen LogP contribution in [0.25, 0.3) is 0 Å². The lowest BCUT2D eigenvalue weighted by Gasteiger charge is -2.36. The lowest BCUT2D eigenvalue weighted by Crippen LogP contribution is -2.36. The third-order valence-corrected chi connectivity index (χ3v) is 5.29. The average molecular weight is 370 g/mol. The van der Waals surface area contributed by atoms with E-state index in [1.807, 2.05) is 27.7 Å². The summed E-state index contributed by atoms with van der Waals surface area (Å²) in [5.41, 5.74) is -0.887. The summed E-state index contributed by atoms with van der Waals surface area (Å²) in [6.07, 6.45) is 6.63. The van der Waals surface area contributed by atoms with E-state index in [1.165, 1.54) is 6.42 Å². The number of hydrogen-bond acceptors (Lipinski definition) is 6. The van der Waals surface area contributed by atoms with Gasteiger partial charge in [-0.15, -0.1) is 0 Å². The normalized spacial score (nSPS) is 16.6. The molecule has 150 valence electrons. The van der Waals surface area contributed by atoms with Crippen LogP contribution >= 0.6 is 0 Å². The van der Waals surface area contributed by atoms with Gasteiger partial charge in [0.2, 0.25) is 0 Å². The summed E-state index contributed by atoms with van der Waals surface area (Å²) in [5, 5.41) is 0. The highest BCUT2D eigenvalue weighted by molar-refractivity contribution is 5.78. The van der Waals surface area contributed by atoms with E-state index in [4.69, 9.17) is 14.2 Å². The molecule has 6 nitrogen and oxygen atoms in total. The van der Waals surface area contributed by atoms with Gasteiger partial charge in [-0.2, -0.15) is 0 Å². The van der Waals surface area contributed by atoms with Gasteiger partial charge in [-0.1, -0.05) is 20.3 Å². The van der Waals surface area contributed by atoms with Crippen LogP contribution in [-0.4, -0.2) is 36.7 Å². The molecule has 0 aliphatic heterocycles. The minimum Gasteiger partial charge on any atom is -0.462 e. The summed E-state index contributed by atoms with van der Waals surface area (Å²) in [7, 11) is 0. The molecule has 0 heterocycles. The smallest absolute Gasteiger partial charge is 0.311 e. The van der Waals surface area contributed by atoms with Crippen LogP contribution in [0.2, 0.25) is 0 Å². The first kappa shape index (κ1) is 22.5.